The number of carbonyl (C=O) groups excluding carboxylic acids is 3. The van der Waals surface area contributed by atoms with Gasteiger partial charge in [0.1, 0.15) is 11.0 Å². The monoisotopic (exact) mass is 409 g/mol. The Morgan fingerprint density at radius 1 is 1.32 bits per heavy atom. The van der Waals surface area contributed by atoms with Crippen LogP contribution in [-0.2, 0) is 19.7 Å². The molecule has 1 heterocycles. The third kappa shape index (κ3) is 2.74. The standard InChI is InChI=1S/C18H20BrNO5/c1-17(2,3)25-16(23)20-9-18(15(22)24-4)8-11(19)14(21)10-6-5-7-12(20)13(10)18/h5-7,11H,8-9H2,1-4H3/t11?,18-/m0/s1. The van der Waals surface area contributed by atoms with E-state index in [-0.39, 0.29) is 18.7 Å². The Morgan fingerprint density at radius 3 is 2.60 bits per heavy atom. The molecule has 134 valence electrons. The fourth-order valence-electron chi connectivity index (χ4n) is 3.57. The van der Waals surface area contributed by atoms with E-state index < -0.39 is 27.9 Å². The molecule has 3 rings (SSSR count). The van der Waals surface area contributed by atoms with Crippen LogP contribution in [-0.4, -0.2) is 41.9 Å². The van der Waals surface area contributed by atoms with Crippen LogP contribution in [0.1, 0.15) is 43.1 Å². The van der Waals surface area contributed by atoms with Crippen LogP contribution in [0.4, 0.5) is 10.5 Å². The van der Waals surface area contributed by atoms with E-state index in [0.29, 0.717) is 16.8 Å². The molecule has 0 aromatic heterocycles. The van der Waals surface area contributed by atoms with Crippen molar-refractivity contribution in [1.82, 2.24) is 0 Å². The number of ketones is 1. The largest absolute Gasteiger partial charge is 0.468 e. The van der Waals surface area contributed by atoms with Gasteiger partial charge in [-0.3, -0.25) is 14.5 Å². The second-order valence-corrected chi connectivity index (χ2v) is 8.48. The molecule has 0 saturated heterocycles. The minimum absolute atomic E-state index is 0.0936. The van der Waals surface area contributed by atoms with Gasteiger partial charge in [0.05, 0.1) is 17.6 Å². The first-order valence-electron chi connectivity index (χ1n) is 8.01. The lowest BCUT2D eigenvalue weighted by Crippen LogP contribution is -2.49. The third-order valence-electron chi connectivity index (χ3n) is 4.51. The third-order valence-corrected chi connectivity index (χ3v) is 5.25. The molecule has 1 amide bonds. The number of methoxy groups -OCH3 is 1. The van der Waals surface area contributed by atoms with Gasteiger partial charge in [-0.05, 0) is 33.3 Å². The summed E-state index contributed by atoms with van der Waals surface area (Å²) in [5, 5.41) is 0. The summed E-state index contributed by atoms with van der Waals surface area (Å²) in [6, 6.07) is 5.13. The van der Waals surface area contributed by atoms with Crippen molar-refractivity contribution in [2.75, 3.05) is 18.6 Å². The average Bonchev–Trinajstić information content (AvgIpc) is 2.87. The predicted octanol–water partition coefficient (Wildman–Crippen LogP) is 3.20. The number of benzene rings is 1. The van der Waals surface area contributed by atoms with Crippen LogP contribution in [0.3, 0.4) is 0 Å². The summed E-state index contributed by atoms with van der Waals surface area (Å²) in [6.45, 7) is 5.43. The minimum atomic E-state index is -1.07. The van der Waals surface area contributed by atoms with Crippen molar-refractivity contribution < 1.29 is 23.9 Å². The zero-order valence-corrected chi connectivity index (χ0v) is 16.2. The molecule has 1 unspecified atom stereocenters. The van der Waals surface area contributed by atoms with Crippen molar-refractivity contribution in [3.63, 3.8) is 0 Å². The van der Waals surface area contributed by atoms with E-state index in [0.717, 1.165) is 0 Å². The first-order chi connectivity index (χ1) is 11.6. The maximum atomic E-state index is 12.7. The lowest BCUT2D eigenvalue weighted by molar-refractivity contribution is -0.147. The Morgan fingerprint density at radius 2 is 2.00 bits per heavy atom. The molecular weight excluding hydrogens is 390 g/mol. The minimum Gasteiger partial charge on any atom is -0.468 e. The van der Waals surface area contributed by atoms with Gasteiger partial charge in [-0.1, -0.05) is 28.1 Å². The van der Waals surface area contributed by atoms with Crippen LogP contribution < -0.4 is 4.90 Å². The van der Waals surface area contributed by atoms with Crippen molar-refractivity contribution in [3.8, 4) is 0 Å². The van der Waals surface area contributed by atoms with Gasteiger partial charge in [0, 0.05) is 17.7 Å². The summed E-state index contributed by atoms with van der Waals surface area (Å²) in [6.07, 6.45) is -0.306. The Bertz CT molecular complexity index is 769. The van der Waals surface area contributed by atoms with E-state index in [4.69, 9.17) is 9.47 Å². The molecule has 1 aromatic rings. The number of Topliss-reactive ketones (excluding diaryl/α,β-unsaturated/α-hetero) is 1. The number of alkyl halides is 1. The van der Waals surface area contributed by atoms with Gasteiger partial charge in [-0.25, -0.2) is 4.79 Å². The number of halogens is 1. The number of carbonyl (C=O) groups is 3. The highest BCUT2D eigenvalue weighted by atomic mass is 79.9. The predicted molar refractivity (Wildman–Crippen MR) is 95.4 cm³/mol. The van der Waals surface area contributed by atoms with Gasteiger partial charge in [0.15, 0.2) is 5.78 Å². The molecule has 1 aliphatic carbocycles. The van der Waals surface area contributed by atoms with E-state index in [1.54, 1.807) is 39.0 Å². The first-order valence-corrected chi connectivity index (χ1v) is 8.93. The molecule has 6 nitrogen and oxygen atoms in total. The Labute approximate surface area is 154 Å². The molecule has 1 aliphatic heterocycles. The van der Waals surface area contributed by atoms with Gasteiger partial charge in [-0.2, -0.15) is 0 Å². The number of anilines is 1. The molecule has 0 bridgehead atoms. The maximum absolute atomic E-state index is 12.7. The van der Waals surface area contributed by atoms with Gasteiger partial charge < -0.3 is 9.47 Å². The van der Waals surface area contributed by atoms with Crippen LogP contribution in [0, 0.1) is 0 Å². The summed E-state index contributed by atoms with van der Waals surface area (Å²) in [4.78, 5) is 38.9. The molecule has 0 radical (unpaired) electrons. The second kappa shape index (κ2) is 5.83. The Kier molecular flexibility index (Phi) is 4.18. The number of amides is 1. The molecular formula is C18H20BrNO5. The van der Waals surface area contributed by atoms with E-state index in [2.05, 4.69) is 15.9 Å². The van der Waals surface area contributed by atoms with Crippen molar-refractivity contribution >= 4 is 39.5 Å². The van der Waals surface area contributed by atoms with Crippen molar-refractivity contribution in [2.24, 2.45) is 0 Å². The molecule has 1 aromatic carbocycles. The average molecular weight is 410 g/mol. The first kappa shape index (κ1) is 17.9. The van der Waals surface area contributed by atoms with Gasteiger partial charge in [0.25, 0.3) is 0 Å². The lowest BCUT2D eigenvalue weighted by Gasteiger charge is -2.34. The molecule has 0 saturated carbocycles. The Hall–Kier alpha value is -1.89. The maximum Gasteiger partial charge on any atom is 0.414 e. The van der Waals surface area contributed by atoms with Crippen LogP contribution >= 0.6 is 15.9 Å². The van der Waals surface area contributed by atoms with E-state index >= 15 is 0 Å². The number of nitrogens with zero attached hydrogens (tertiary/aromatic N) is 1. The van der Waals surface area contributed by atoms with Crippen molar-refractivity contribution in [3.05, 3.63) is 29.3 Å². The van der Waals surface area contributed by atoms with Crippen LogP contribution in [0.25, 0.3) is 0 Å². The van der Waals surface area contributed by atoms with E-state index in [9.17, 15) is 14.4 Å². The van der Waals surface area contributed by atoms with E-state index in [1.807, 2.05) is 0 Å². The van der Waals surface area contributed by atoms with Crippen LogP contribution in [0.15, 0.2) is 18.2 Å². The SMILES string of the molecule is COC(=O)[C@]12CC(Br)C(=O)c3cccc(c31)N(C(=O)OC(C)(C)C)C2. The number of hydrogen-bond donors (Lipinski definition) is 0. The van der Waals surface area contributed by atoms with E-state index in [1.165, 1.54) is 12.0 Å². The van der Waals surface area contributed by atoms with Crippen molar-refractivity contribution in [1.29, 1.82) is 0 Å². The highest BCUT2D eigenvalue weighted by molar-refractivity contribution is 9.10. The molecule has 0 spiro atoms. The zero-order chi connectivity index (χ0) is 18.6. The molecule has 0 N–H and O–H groups in total. The molecule has 0 fully saturated rings. The van der Waals surface area contributed by atoms with Gasteiger partial charge >= 0.3 is 12.1 Å². The van der Waals surface area contributed by atoms with Gasteiger partial charge in [0.2, 0.25) is 0 Å². The lowest BCUT2D eigenvalue weighted by atomic mass is 9.70. The van der Waals surface area contributed by atoms with Gasteiger partial charge in [-0.15, -0.1) is 0 Å². The second-order valence-electron chi connectivity index (χ2n) is 7.38. The zero-order valence-electron chi connectivity index (χ0n) is 14.6. The molecule has 2 atom stereocenters. The summed E-state index contributed by atoms with van der Waals surface area (Å²) in [5.74, 6) is -0.549. The summed E-state index contributed by atoms with van der Waals surface area (Å²) in [5.41, 5.74) is -0.195. The fourth-order valence-corrected chi connectivity index (χ4v) is 4.37. The number of hydrogen-bond acceptors (Lipinski definition) is 5. The molecule has 2 aliphatic rings. The summed E-state index contributed by atoms with van der Waals surface area (Å²) >= 11 is 3.37. The van der Waals surface area contributed by atoms with Crippen LogP contribution in [0.2, 0.25) is 0 Å². The Balaban J connectivity index is 2.16. The number of rotatable bonds is 1. The topological polar surface area (TPSA) is 72.9 Å². The number of esters is 1. The normalized spacial score (nSPS) is 24.8. The highest BCUT2D eigenvalue weighted by Crippen LogP contribution is 2.51. The van der Waals surface area contributed by atoms with Crippen LogP contribution in [0.5, 0.6) is 0 Å². The summed E-state index contributed by atoms with van der Waals surface area (Å²) < 4.78 is 10.5. The summed E-state index contributed by atoms with van der Waals surface area (Å²) in [7, 11) is 1.31. The quantitative estimate of drug-likeness (QED) is 0.525. The molecule has 25 heavy (non-hydrogen) atoms. The molecule has 7 heteroatoms. The van der Waals surface area contributed by atoms with Crippen molar-refractivity contribution in [2.45, 2.75) is 43.0 Å². The number of ether oxygens (including phenoxy) is 2. The smallest absolute Gasteiger partial charge is 0.414 e. The highest BCUT2D eigenvalue weighted by Gasteiger charge is 2.57. The fraction of sp³-hybridized carbons (Fsp3) is 0.500.